The highest BCUT2D eigenvalue weighted by Crippen LogP contribution is 2.34. The minimum Gasteiger partial charge on any atom is -0.396 e. The van der Waals surface area contributed by atoms with Crippen molar-refractivity contribution in [2.75, 3.05) is 19.8 Å². The standard InChI is InChI=1S/C14H19NO3/c1-2-8-15-13(17)11-6-3-4-7-12(11)14(15)18-10-5-9-16/h3-4,6-7,14,16H,2,5,8-10H2,1H3. The van der Waals surface area contributed by atoms with E-state index < -0.39 is 0 Å². The van der Waals surface area contributed by atoms with Crippen molar-refractivity contribution in [1.29, 1.82) is 0 Å². The molecule has 98 valence electrons. The smallest absolute Gasteiger partial charge is 0.256 e. The average molecular weight is 249 g/mol. The van der Waals surface area contributed by atoms with Crippen molar-refractivity contribution < 1.29 is 14.6 Å². The Morgan fingerprint density at radius 2 is 2.17 bits per heavy atom. The fourth-order valence-corrected chi connectivity index (χ4v) is 2.24. The van der Waals surface area contributed by atoms with Gasteiger partial charge in [-0.2, -0.15) is 0 Å². The molecule has 0 aliphatic carbocycles. The summed E-state index contributed by atoms with van der Waals surface area (Å²) in [6.45, 7) is 3.30. The van der Waals surface area contributed by atoms with Crippen molar-refractivity contribution in [3.05, 3.63) is 35.4 Å². The van der Waals surface area contributed by atoms with Gasteiger partial charge in [0.25, 0.3) is 5.91 Å². The number of carbonyl (C=O) groups excluding carboxylic acids is 1. The number of carbonyl (C=O) groups is 1. The monoisotopic (exact) mass is 249 g/mol. The molecule has 0 fully saturated rings. The van der Waals surface area contributed by atoms with Gasteiger partial charge in [0.15, 0.2) is 6.23 Å². The molecule has 1 atom stereocenters. The van der Waals surface area contributed by atoms with Gasteiger partial charge in [-0.05, 0) is 18.9 Å². The molecule has 1 aromatic rings. The summed E-state index contributed by atoms with van der Waals surface area (Å²) in [7, 11) is 0. The Morgan fingerprint density at radius 1 is 1.39 bits per heavy atom. The van der Waals surface area contributed by atoms with Crippen LogP contribution in [0.5, 0.6) is 0 Å². The molecular weight excluding hydrogens is 230 g/mol. The average Bonchev–Trinajstić information content (AvgIpc) is 2.66. The predicted octanol–water partition coefficient (Wildman–Crippen LogP) is 1.95. The minimum atomic E-state index is -0.291. The number of aliphatic hydroxyl groups is 1. The van der Waals surface area contributed by atoms with Crippen LogP contribution in [0, 0.1) is 0 Å². The van der Waals surface area contributed by atoms with Crippen molar-refractivity contribution in [3.8, 4) is 0 Å². The van der Waals surface area contributed by atoms with E-state index in [2.05, 4.69) is 0 Å². The number of amides is 1. The molecule has 2 rings (SSSR count). The molecule has 4 heteroatoms. The van der Waals surface area contributed by atoms with Crippen LogP contribution >= 0.6 is 0 Å². The maximum absolute atomic E-state index is 12.2. The number of ether oxygens (including phenoxy) is 1. The number of rotatable bonds is 6. The lowest BCUT2D eigenvalue weighted by Gasteiger charge is -2.24. The van der Waals surface area contributed by atoms with E-state index in [4.69, 9.17) is 9.84 Å². The first kappa shape index (κ1) is 13.1. The van der Waals surface area contributed by atoms with E-state index in [-0.39, 0.29) is 18.7 Å². The van der Waals surface area contributed by atoms with Gasteiger partial charge in [0.05, 0.1) is 6.61 Å². The maximum atomic E-state index is 12.2. The van der Waals surface area contributed by atoms with Gasteiger partial charge < -0.3 is 14.7 Å². The van der Waals surface area contributed by atoms with Gasteiger partial charge in [-0.25, -0.2) is 0 Å². The normalized spacial score (nSPS) is 18.2. The lowest BCUT2D eigenvalue weighted by molar-refractivity contribution is -0.0427. The number of aliphatic hydroxyl groups excluding tert-OH is 1. The van der Waals surface area contributed by atoms with Gasteiger partial charge in [-0.3, -0.25) is 4.79 Å². The Hall–Kier alpha value is -1.39. The molecule has 1 N–H and O–H groups in total. The third-order valence-electron chi connectivity index (χ3n) is 3.04. The molecule has 1 aromatic carbocycles. The zero-order valence-electron chi connectivity index (χ0n) is 10.6. The van der Waals surface area contributed by atoms with Crippen LogP contribution in [0.3, 0.4) is 0 Å². The molecule has 1 unspecified atom stereocenters. The number of hydrogen-bond donors (Lipinski definition) is 1. The Kier molecular flexibility index (Phi) is 4.33. The minimum absolute atomic E-state index is 0.0430. The van der Waals surface area contributed by atoms with Gasteiger partial charge in [0.2, 0.25) is 0 Å². The molecule has 1 amide bonds. The van der Waals surface area contributed by atoms with E-state index in [1.807, 2.05) is 31.2 Å². The second-order valence-corrected chi connectivity index (χ2v) is 4.39. The molecule has 18 heavy (non-hydrogen) atoms. The molecular formula is C14H19NO3. The quantitative estimate of drug-likeness (QED) is 0.784. The lowest BCUT2D eigenvalue weighted by atomic mass is 10.1. The summed E-state index contributed by atoms with van der Waals surface area (Å²) in [5.74, 6) is 0.0430. The maximum Gasteiger partial charge on any atom is 0.256 e. The number of fused-ring (bicyclic) bond motifs is 1. The Labute approximate surface area is 107 Å². The van der Waals surface area contributed by atoms with Crippen LogP contribution in [0.2, 0.25) is 0 Å². The summed E-state index contributed by atoms with van der Waals surface area (Å²) in [6.07, 6.45) is 1.20. The van der Waals surface area contributed by atoms with E-state index in [1.165, 1.54) is 0 Å². The number of nitrogens with zero attached hydrogens (tertiary/aromatic N) is 1. The molecule has 0 spiro atoms. The highest BCUT2D eigenvalue weighted by molar-refractivity contribution is 5.98. The molecule has 0 saturated carbocycles. The van der Waals surface area contributed by atoms with Crippen LogP contribution in [0.4, 0.5) is 0 Å². The summed E-state index contributed by atoms with van der Waals surface area (Å²) in [4.78, 5) is 14.0. The van der Waals surface area contributed by atoms with E-state index in [9.17, 15) is 4.79 Å². The zero-order valence-corrected chi connectivity index (χ0v) is 10.6. The fourth-order valence-electron chi connectivity index (χ4n) is 2.24. The van der Waals surface area contributed by atoms with Crippen LogP contribution in [-0.4, -0.2) is 35.7 Å². The number of hydrogen-bond acceptors (Lipinski definition) is 3. The Morgan fingerprint density at radius 3 is 2.89 bits per heavy atom. The van der Waals surface area contributed by atoms with Crippen LogP contribution in [0.25, 0.3) is 0 Å². The van der Waals surface area contributed by atoms with Crippen LogP contribution in [0.15, 0.2) is 24.3 Å². The first-order chi connectivity index (χ1) is 8.79. The lowest BCUT2D eigenvalue weighted by Crippen LogP contribution is -2.30. The largest absolute Gasteiger partial charge is 0.396 e. The SMILES string of the molecule is CCCN1C(=O)c2ccccc2C1OCCCO. The topological polar surface area (TPSA) is 49.8 Å². The first-order valence-corrected chi connectivity index (χ1v) is 6.42. The van der Waals surface area contributed by atoms with Crippen LogP contribution < -0.4 is 0 Å². The zero-order chi connectivity index (χ0) is 13.0. The highest BCUT2D eigenvalue weighted by atomic mass is 16.5. The van der Waals surface area contributed by atoms with Crippen molar-refractivity contribution in [3.63, 3.8) is 0 Å². The van der Waals surface area contributed by atoms with Gasteiger partial charge in [-0.1, -0.05) is 25.1 Å². The predicted molar refractivity (Wildman–Crippen MR) is 68.2 cm³/mol. The van der Waals surface area contributed by atoms with Crippen molar-refractivity contribution in [2.45, 2.75) is 26.0 Å². The van der Waals surface area contributed by atoms with Crippen molar-refractivity contribution in [1.82, 2.24) is 4.90 Å². The summed E-state index contributed by atoms with van der Waals surface area (Å²) in [5, 5.41) is 8.80. The van der Waals surface area contributed by atoms with Crippen molar-refractivity contribution >= 4 is 5.91 Å². The molecule has 0 saturated heterocycles. The molecule has 0 radical (unpaired) electrons. The van der Waals surface area contributed by atoms with E-state index >= 15 is 0 Å². The highest BCUT2D eigenvalue weighted by Gasteiger charge is 2.36. The summed E-state index contributed by atoms with van der Waals surface area (Å²) in [6, 6.07) is 7.57. The van der Waals surface area contributed by atoms with Crippen molar-refractivity contribution in [2.24, 2.45) is 0 Å². The van der Waals surface area contributed by atoms with Gasteiger partial charge >= 0.3 is 0 Å². The van der Waals surface area contributed by atoms with Gasteiger partial charge in [0, 0.05) is 24.3 Å². The Balaban J connectivity index is 2.19. The molecule has 1 aliphatic heterocycles. The van der Waals surface area contributed by atoms with Gasteiger partial charge in [-0.15, -0.1) is 0 Å². The molecule has 4 nitrogen and oxygen atoms in total. The van der Waals surface area contributed by atoms with Crippen LogP contribution in [-0.2, 0) is 4.74 Å². The number of benzene rings is 1. The van der Waals surface area contributed by atoms with Gasteiger partial charge in [0.1, 0.15) is 0 Å². The summed E-state index contributed by atoms with van der Waals surface area (Å²) in [5.41, 5.74) is 1.67. The van der Waals surface area contributed by atoms with E-state index in [1.54, 1.807) is 4.90 Å². The Bertz CT molecular complexity index is 419. The third kappa shape index (κ3) is 2.40. The van der Waals surface area contributed by atoms with E-state index in [0.29, 0.717) is 19.6 Å². The second-order valence-electron chi connectivity index (χ2n) is 4.39. The molecule has 1 heterocycles. The second kappa shape index (κ2) is 5.98. The first-order valence-electron chi connectivity index (χ1n) is 6.42. The van der Waals surface area contributed by atoms with E-state index in [0.717, 1.165) is 17.5 Å². The summed E-state index contributed by atoms with van der Waals surface area (Å²) < 4.78 is 5.75. The summed E-state index contributed by atoms with van der Waals surface area (Å²) >= 11 is 0. The molecule has 0 aromatic heterocycles. The fraction of sp³-hybridized carbons (Fsp3) is 0.500. The molecule has 1 aliphatic rings. The third-order valence-corrected chi connectivity index (χ3v) is 3.04. The molecule has 0 bridgehead atoms. The van der Waals surface area contributed by atoms with Crippen LogP contribution in [0.1, 0.15) is 41.9 Å².